The number of ketones is 1. The summed E-state index contributed by atoms with van der Waals surface area (Å²) in [5.74, 6) is -0.529. The molecule has 0 radical (unpaired) electrons. The summed E-state index contributed by atoms with van der Waals surface area (Å²) in [4.78, 5) is 22.8. The normalized spacial score (nSPS) is 26.0. The highest BCUT2D eigenvalue weighted by Crippen LogP contribution is 2.20. The third kappa shape index (κ3) is 3.00. The van der Waals surface area contributed by atoms with Crippen molar-refractivity contribution in [2.45, 2.75) is 25.9 Å². The molecule has 1 rings (SSSR count). The quantitative estimate of drug-likeness (QED) is 0.663. The third-order valence-corrected chi connectivity index (χ3v) is 2.25. The highest BCUT2D eigenvalue weighted by Gasteiger charge is 2.43. The molecule has 0 amide bonds. The van der Waals surface area contributed by atoms with E-state index in [2.05, 4.69) is 5.32 Å². The molecule has 0 bridgehead atoms. The average molecular weight is 215 g/mol. The molecule has 0 saturated carbocycles. The van der Waals surface area contributed by atoms with Gasteiger partial charge in [0.05, 0.1) is 13.2 Å². The van der Waals surface area contributed by atoms with Crippen LogP contribution in [-0.2, 0) is 19.1 Å². The SMILES string of the molecule is CCOC(=O)C1(CC(C)=O)CNCCO1. The van der Waals surface area contributed by atoms with Crippen LogP contribution in [0.1, 0.15) is 20.3 Å². The number of rotatable bonds is 4. The maximum atomic E-state index is 11.7. The Hall–Kier alpha value is -0.940. The first-order valence-corrected chi connectivity index (χ1v) is 5.12. The fraction of sp³-hybridized carbons (Fsp3) is 0.800. The first kappa shape index (κ1) is 12.1. The van der Waals surface area contributed by atoms with Gasteiger partial charge < -0.3 is 14.8 Å². The predicted octanol–water partition coefficient (Wildman–Crippen LogP) is -0.113. The number of ether oxygens (including phenoxy) is 2. The van der Waals surface area contributed by atoms with Crippen LogP contribution in [0.15, 0.2) is 0 Å². The Morgan fingerprint density at radius 1 is 1.53 bits per heavy atom. The topological polar surface area (TPSA) is 64.6 Å². The summed E-state index contributed by atoms with van der Waals surface area (Å²) in [5.41, 5.74) is -1.11. The minimum atomic E-state index is -1.11. The van der Waals surface area contributed by atoms with Gasteiger partial charge in [-0.05, 0) is 13.8 Å². The molecule has 0 spiro atoms. The smallest absolute Gasteiger partial charge is 0.340 e. The lowest BCUT2D eigenvalue weighted by atomic mass is 9.96. The molecule has 1 unspecified atom stereocenters. The first-order chi connectivity index (χ1) is 7.10. The van der Waals surface area contributed by atoms with Gasteiger partial charge in [-0.3, -0.25) is 4.79 Å². The van der Waals surface area contributed by atoms with Gasteiger partial charge in [0.15, 0.2) is 5.60 Å². The molecule has 1 saturated heterocycles. The van der Waals surface area contributed by atoms with E-state index in [1.54, 1.807) is 6.92 Å². The Morgan fingerprint density at radius 3 is 2.73 bits per heavy atom. The van der Waals surface area contributed by atoms with Crippen molar-refractivity contribution in [3.8, 4) is 0 Å². The van der Waals surface area contributed by atoms with Crippen molar-refractivity contribution in [1.29, 1.82) is 0 Å². The largest absolute Gasteiger partial charge is 0.464 e. The third-order valence-electron chi connectivity index (χ3n) is 2.25. The molecule has 0 aromatic rings. The summed E-state index contributed by atoms with van der Waals surface area (Å²) in [6.45, 7) is 4.92. The van der Waals surface area contributed by atoms with Crippen LogP contribution in [0.2, 0.25) is 0 Å². The van der Waals surface area contributed by atoms with Crippen molar-refractivity contribution in [1.82, 2.24) is 5.32 Å². The van der Waals surface area contributed by atoms with Crippen molar-refractivity contribution in [2.24, 2.45) is 0 Å². The van der Waals surface area contributed by atoms with Gasteiger partial charge in [0, 0.05) is 19.5 Å². The van der Waals surface area contributed by atoms with Crippen molar-refractivity contribution in [2.75, 3.05) is 26.3 Å². The molecular formula is C10H17NO4. The lowest BCUT2D eigenvalue weighted by molar-refractivity contribution is -0.178. The molecule has 1 aliphatic rings. The van der Waals surface area contributed by atoms with Crippen molar-refractivity contribution < 1.29 is 19.1 Å². The zero-order chi connectivity index (χ0) is 11.3. The number of carbonyl (C=O) groups is 2. The van der Waals surface area contributed by atoms with Gasteiger partial charge in [-0.1, -0.05) is 0 Å². The van der Waals surface area contributed by atoms with Crippen molar-refractivity contribution in [3.05, 3.63) is 0 Å². The van der Waals surface area contributed by atoms with Crippen LogP contribution in [0.25, 0.3) is 0 Å². The van der Waals surface area contributed by atoms with Crippen LogP contribution in [-0.4, -0.2) is 43.7 Å². The Bertz CT molecular complexity index is 246. The molecule has 0 aromatic carbocycles. The average Bonchev–Trinajstić information content (AvgIpc) is 2.18. The van der Waals surface area contributed by atoms with E-state index in [-0.39, 0.29) is 12.2 Å². The minimum Gasteiger partial charge on any atom is -0.464 e. The summed E-state index contributed by atoms with van der Waals surface area (Å²) in [7, 11) is 0. The number of esters is 1. The number of carbonyl (C=O) groups excluding carboxylic acids is 2. The Balaban J connectivity index is 2.74. The van der Waals surface area contributed by atoms with Crippen LogP contribution in [0.3, 0.4) is 0 Å². The zero-order valence-corrected chi connectivity index (χ0v) is 9.17. The maximum absolute atomic E-state index is 11.7. The van der Waals surface area contributed by atoms with E-state index in [1.165, 1.54) is 6.92 Å². The van der Waals surface area contributed by atoms with Gasteiger partial charge in [0.1, 0.15) is 5.78 Å². The highest BCUT2D eigenvalue weighted by molar-refractivity contribution is 5.88. The van der Waals surface area contributed by atoms with Crippen LogP contribution in [0.4, 0.5) is 0 Å². The van der Waals surface area contributed by atoms with Crippen molar-refractivity contribution in [3.63, 3.8) is 0 Å². The summed E-state index contributed by atoms with van der Waals surface area (Å²) in [5, 5.41) is 3.04. The Labute approximate surface area is 89.1 Å². The predicted molar refractivity (Wildman–Crippen MR) is 53.5 cm³/mol. The van der Waals surface area contributed by atoms with E-state index < -0.39 is 11.6 Å². The fourth-order valence-electron chi connectivity index (χ4n) is 1.64. The summed E-state index contributed by atoms with van der Waals surface area (Å²) in [6, 6.07) is 0. The second-order valence-electron chi connectivity index (χ2n) is 3.62. The second-order valence-corrected chi connectivity index (χ2v) is 3.62. The van der Waals surface area contributed by atoms with E-state index in [1.807, 2.05) is 0 Å². The minimum absolute atomic E-state index is 0.0683. The zero-order valence-electron chi connectivity index (χ0n) is 9.17. The van der Waals surface area contributed by atoms with Crippen molar-refractivity contribution >= 4 is 11.8 Å². The number of morpholine rings is 1. The lowest BCUT2D eigenvalue weighted by Gasteiger charge is -2.34. The molecule has 5 nitrogen and oxygen atoms in total. The van der Waals surface area contributed by atoms with Crippen LogP contribution in [0, 0.1) is 0 Å². The van der Waals surface area contributed by atoms with E-state index in [0.29, 0.717) is 26.3 Å². The molecule has 86 valence electrons. The van der Waals surface area contributed by atoms with Gasteiger partial charge in [-0.25, -0.2) is 4.79 Å². The molecule has 1 aliphatic heterocycles. The Kier molecular flexibility index (Phi) is 4.23. The lowest BCUT2D eigenvalue weighted by Crippen LogP contribution is -2.56. The van der Waals surface area contributed by atoms with E-state index in [0.717, 1.165) is 0 Å². The van der Waals surface area contributed by atoms with Crippen LogP contribution >= 0.6 is 0 Å². The van der Waals surface area contributed by atoms with Gasteiger partial charge in [-0.15, -0.1) is 0 Å². The molecule has 0 aliphatic carbocycles. The number of Topliss-reactive ketones (excluding diaryl/α,β-unsaturated/α-hetero) is 1. The molecular weight excluding hydrogens is 198 g/mol. The molecule has 1 N–H and O–H groups in total. The van der Waals surface area contributed by atoms with Gasteiger partial charge in [0.2, 0.25) is 0 Å². The number of hydrogen-bond donors (Lipinski definition) is 1. The van der Waals surface area contributed by atoms with Gasteiger partial charge in [0.25, 0.3) is 0 Å². The maximum Gasteiger partial charge on any atom is 0.340 e. The summed E-state index contributed by atoms with van der Waals surface area (Å²) >= 11 is 0. The van der Waals surface area contributed by atoms with Crippen LogP contribution < -0.4 is 5.32 Å². The monoisotopic (exact) mass is 215 g/mol. The summed E-state index contributed by atoms with van der Waals surface area (Å²) in [6.07, 6.45) is 0.0683. The molecule has 15 heavy (non-hydrogen) atoms. The molecule has 1 heterocycles. The van der Waals surface area contributed by atoms with Gasteiger partial charge in [-0.2, -0.15) is 0 Å². The number of hydrogen-bond acceptors (Lipinski definition) is 5. The number of nitrogens with one attached hydrogen (secondary N) is 1. The molecule has 1 fully saturated rings. The van der Waals surface area contributed by atoms with Crippen LogP contribution in [0.5, 0.6) is 0 Å². The highest BCUT2D eigenvalue weighted by atomic mass is 16.6. The molecule has 0 aromatic heterocycles. The van der Waals surface area contributed by atoms with E-state index in [9.17, 15) is 9.59 Å². The Morgan fingerprint density at radius 2 is 2.27 bits per heavy atom. The summed E-state index contributed by atoms with van der Waals surface area (Å²) < 4.78 is 10.4. The van der Waals surface area contributed by atoms with Gasteiger partial charge >= 0.3 is 5.97 Å². The van der Waals surface area contributed by atoms with E-state index >= 15 is 0 Å². The van der Waals surface area contributed by atoms with E-state index in [4.69, 9.17) is 9.47 Å². The standard InChI is InChI=1S/C10H17NO4/c1-3-14-9(13)10(6-8(2)12)7-11-4-5-15-10/h11H,3-7H2,1-2H3. The molecule has 1 atom stereocenters. The molecule has 5 heteroatoms. The first-order valence-electron chi connectivity index (χ1n) is 5.12. The second kappa shape index (κ2) is 5.23. The fourth-order valence-corrected chi connectivity index (χ4v) is 1.64.